The maximum absolute atomic E-state index is 5.45. The molecule has 3 rings (SSSR count). The van der Waals surface area contributed by atoms with Gasteiger partial charge in [0, 0.05) is 25.7 Å². The summed E-state index contributed by atoms with van der Waals surface area (Å²) in [7, 11) is 3.41. The van der Waals surface area contributed by atoms with Crippen molar-refractivity contribution < 1.29 is 9.47 Å². The lowest BCUT2D eigenvalue weighted by atomic mass is 9.93. The zero-order valence-corrected chi connectivity index (χ0v) is 13.3. The molecule has 4 nitrogen and oxygen atoms in total. The number of rotatable bonds is 4. The zero-order chi connectivity index (χ0) is 14.8. The molecule has 0 amide bonds. The summed E-state index contributed by atoms with van der Waals surface area (Å²) < 4.78 is 10.9. The molecule has 2 aliphatic heterocycles. The molecule has 1 fully saturated rings. The fourth-order valence-corrected chi connectivity index (χ4v) is 3.75. The Morgan fingerprint density at radius 2 is 1.86 bits per heavy atom. The molecule has 0 saturated carbocycles. The topological polar surface area (TPSA) is 33.7 Å². The molecule has 0 bridgehead atoms. The molecule has 0 spiro atoms. The average molecular weight is 290 g/mol. The van der Waals surface area contributed by atoms with E-state index in [1.54, 1.807) is 14.2 Å². The summed E-state index contributed by atoms with van der Waals surface area (Å²) in [5, 5.41) is 3.55. The fraction of sp³-hybridized carbons (Fsp3) is 0.647. The Morgan fingerprint density at radius 1 is 1.14 bits per heavy atom. The van der Waals surface area contributed by atoms with Gasteiger partial charge < -0.3 is 14.8 Å². The largest absolute Gasteiger partial charge is 0.493 e. The van der Waals surface area contributed by atoms with Crippen LogP contribution in [0, 0.1) is 5.92 Å². The third-order valence-electron chi connectivity index (χ3n) is 5.05. The van der Waals surface area contributed by atoms with Crippen LogP contribution in [0.2, 0.25) is 0 Å². The van der Waals surface area contributed by atoms with Crippen molar-refractivity contribution in [1.82, 2.24) is 10.2 Å². The summed E-state index contributed by atoms with van der Waals surface area (Å²) in [5.41, 5.74) is 2.79. The second-order valence-electron chi connectivity index (χ2n) is 6.09. The lowest BCUT2D eigenvalue weighted by Gasteiger charge is -2.36. The van der Waals surface area contributed by atoms with Crippen LogP contribution in [0.3, 0.4) is 0 Å². The highest BCUT2D eigenvalue weighted by Crippen LogP contribution is 2.34. The van der Waals surface area contributed by atoms with Gasteiger partial charge in [-0.05, 0) is 42.1 Å². The zero-order valence-electron chi connectivity index (χ0n) is 13.3. The molecule has 2 heterocycles. The van der Waals surface area contributed by atoms with Crippen LogP contribution in [-0.2, 0) is 13.0 Å². The Kier molecular flexibility index (Phi) is 4.36. The van der Waals surface area contributed by atoms with Crippen LogP contribution < -0.4 is 14.8 Å². The summed E-state index contributed by atoms with van der Waals surface area (Å²) in [6.07, 6.45) is 2.36. The SMILES string of the molecule is CCC1CNCC1N1CCc2cc(OC)c(OC)cc2C1. The summed E-state index contributed by atoms with van der Waals surface area (Å²) in [4.78, 5) is 2.64. The van der Waals surface area contributed by atoms with Crippen LogP contribution in [0.5, 0.6) is 11.5 Å². The van der Waals surface area contributed by atoms with E-state index in [2.05, 4.69) is 29.3 Å². The van der Waals surface area contributed by atoms with Crippen LogP contribution in [0.4, 0.5) is 0 Å². The molecule has 116 valence electrons. The molecule has 0 aliphatic carbocycles. The standard InChI is InChI=1S/C17H26N2O2/c1-4-12-9-18-10-15(12)19-6-5-13-7-16(20-2)17(21-3)8-14(13)11-19/h7-8,12,15,18H,4-6,9-11H2,1-3H3. The van der Waals surface area contributed by atoms with Gasteiger partial charge in [0.05, 0.1) is 14.2 Å². The highest BCUT2D eigenvalue weighted by atomic mass is 16.5. The molecule has 0 radical (unpaired) electrons. The van der Waals surface area contributed by atoms with Gasteiger partial charge >= 0.3 is 0 Å². The number of hydrogen-bond donors (Lipinski definition) is 1. The summed E-state index contributed by atoms with van der Waals surface area (Å²) >= 11 is 0. The summed E-state index contributed by atoms with van der Waals surface area (Å²) in [6.45, 7) is 6.76. The monoisotopic (exact) mass is 290 g/mol. The van der Waals surface area contributed by atoms with Crippen molar-refractivity contribution in [3.05, 3.63) is 23.3 Å². The van der Waals surface area contributed by atoms with Gasteiger partial charge in [0.2, 0.25) is 0 Å². The minimum Gasteiger partial charge on any atom is -0.493 e. The van der Waals surface area contributed by atoms with Crippen LogP contribution in [0.25, 0.3) is 0 Å². The molecular formula is C17H26N2O2. The van der Waals surface area contributed by atoms with Crippen molar-refractivity contribution in [3.8, 4) is 11.5 Å². The van der Waals surface area contributed by atoms with Gasteiger partial charge in [-0.1, -0.05) is 13.3 Å². The number of benzene rings is 1. The van der Waals surface area contributed by atoms with Crippen molar-refractivity contribution in [2.45, 2.75) is 32.4 Å². The number of hydrogen-bond acceptors (Lipinski definition) is 4. The molecule has 1 aromatic carbocycles. The van der Waals surface area contributed by atoms with E-state index in [0.717, 1.165) is 50.0 Å². The first-order valence-corrected chi connectivity index (χ1v) is 7.95. The molecule has 2 unspecified atom stereocenters. The van der Waals surface area contributed by atoms with E-state index >= 15 is 0 Å². The predicted octanol–water partition coefficient (Wildman–Crippen LogP) is 2.06. The molecule has 1 aromatic rings. The van der Waals surface area contributed by atoms with Gasteiger partial charge in [-0.3, -0.25) is 4.90 Å². The summed E-state index contributed by atoms with van der Waals surface area (Å²) in [5.74, 6) is 2.47. The maximum atomic E-state index is 5.45. The highest BCUT2D eigenvalue weighted by Gasteiger charge is 2.32. The Balaban J connectivity index is 1.81. The quantitative estimate of drug-likeness (QED) is 0.920. The van der Waals surface area contributed by atoms with Gasteiger partial charge in [-0.2, -0.15) is 0 Å². The molecule has 2 aliphatic rings. The first-order chi connectivity index (χ1) is 10.3. The minimum absolute atomic E-state index is 0.677. The van der Waals surface area contributed by atoms with Gasteiger partial charge in [0.1, 0.15) is 0 Å². The van der Waals surface area contributed by atoms with Crippen molar-refractivity contribution in [2.24, 2.45) is 5.92 Å². The Labute approximate surface area is 127 Å². The van der Waals surface area contributed by atoms with Crippen LogP contribution in [-0.4, -0.2) is 44.8 Å². The van der Waals surface area contributed by atoms with E-state index in [1.807, 2.05) is 0 Å². The molecule has 2 atom stereocenters. The number of methoxy groups -OCH3 is 2. The Morgan fingerprint density at radius 3 is 2.52 bits per heavy atom. The average Bonchev–Trinajstić information content (AvgIpc) is 3.01. The third-order valence-corrected chi connectivity index (χ3v) is 5.05. The second-order valence-corrected chi connectivity index (χ2v) is 6.09. The van der Waals surface area contributed by atoms with E-state index in [9.17, 15) is 0 Å². The van der Waals surface area contributed by atoms with Crippen LogP contribution in [0.15, 0.2) is 12.1 Å². The Bertz CT molecular complexity index is 504. The number of ether oxygens (including phenoxy) is 2. The Hall–Kier alpha value is -1.26. The number of fused-ring (bicyclic) bond motifs is 1. The maximum Gasteiger partial charge on any atom is 0.161 e. The smallest absolute Gasteiger partial charge is 0.161 e. The third kappa shape index (κ3) is 2.74. The van der Waals surface area contributed by atoms with Gasteiger partial charge in [-0.25, -0.2) is 0 Å². The van der Waals surface area contributed by atoms with E-state index < -0.39 is 0 Å². The van der Waals surface area contributed by atoms with Crippen molar-refractivity contribution in [3.63, 3.8) is 0 Å². The molecule has 21 heavy (non-hydrogen) atoms. The molecule has 4 heteroatoms. The molecule has 0 aromatic heterocycles. The number of nitrogens with one attached hydrogen (secondary N) is 1. The van der Waals surface area contributed by atoms with E-state index in [0.29, 0.717) is 6.04 Å². The van der Waals surface area contributed by atoms with Crippen molar-refractivity contribution in [2.75, 3.05) is 33.9 Å². The van der Waals surface area contributed by atoms with E-state index in [-0.39, 0.29) is 0 Å². The lowest BCUT2D eigenvalue weighted by molar-refractivity contribution is 0.153. The van der Waals surface area contributed by atoms with Crippen LogP contribution >= 0.6 is 0 Å². The molecular weight excluding hydrogens is 264 g/mol. The summed E-state index contributed by atoms with van der Waals surface area (Å²) in [6, 6.07) is 4.98. The predicted molar refractivity (Wildman–Crippen MR) is 84.1 cm³/mol. The van der Waals surface area contributed by atoms with E-state index in [1.165, 1.54) is 17.5 Å². The minimum atomic E-state index is 0.677. The highest BCUT2D eigenvalue weighted by molar-refractivity contribution is 5.48. The van der Waals surface area contributed by atoms with Gasteiger partial charge in [0.25, 0.3) is 0 Å². The van der Waals surface area contributed by atoms with Crippen molar-refractivity contribution >= 4 is 0 Å². The lowest BCUT2D eigenvalue weighted by Crippen LogP contribution is -2.43. The van der Waals surface area contributed by atoms with E-state index in [4.69, 9.17) is 9.47 Å². The first-order valence-electron chi connectivity index (χ1n) is 7.95. The number of nitrogens with zero attached hydrogens (tertiary/aromatic N) is 1. The van der Waals surface area contributed by atoms with Gasteiger partial charge in [-0.15, -0.1) is 0 Å². The second kappa shape index (κ2) is 6.24. The van der Waals surface area contributed by atoms with Crippen molar-refractivity contribution in [1.29, 1.82) is 0 Å². The first kappa shape index (κ1) is 14.7. The fourth-order valence-electron chi connectivity index (χ4n) is 3.75. The molecule has 1 N–H and O–H groups in total. The van der Waals surface area contributed by atoms with Crippen LogP contribution in [0.1, 0.15) is 24.5 Å². The van der Waals surface area contributed by atoms with Gasteiger partial charge in [0.15, 0.2) is 11.5 Å². The normalized spacial score (nSPS) is 25.7. The molecule has 1 saturated heterocycles.